The molecule has 0 saturated heterocycles. The van der Waals surface area contributed by atoms with Crippen LogP contribution in [0.3, 0.4) is 0 Å². The summed E-state index contributed by atoms with van der Waals surface area (Å²) in [5.41, 5.74) is -1.39. The first-order chi connectivity index (χ1) is 14.0. The summed E-state index contributed by atoms with van der Waals surface area (Å²) >= 11 is 0.672. The molecular weight excluding hydrogens is 421 g/mol. The molecule has 3 aromatic rings. The molecule has 0 bridgehead atoms. The van der Waals surface area contributed by atoms with E-state index < -0.39 is 22.9 Å². The van der Waals surface area contributed by atoms with Gasteiger partial charge in [0.1, 0.15) is 11.8 Å². The lowest BCUT2D eigenvalue weighted by atomic mass is 10.1. The van der Waals surface area contributed by atoms with Gasteiger partial charge in [-0.25, -0.2) is 0 Å². The van der Waals surface area contributed by atoms with Crippen molar-refractivity contribution in [1.82, 2.24) is 14.7 Å². The molecule has 0 unspecified atom stereocenters. The first kappa shape index (κ1) is 21.4. The second-order valence-corrected chi connectivity index (χ2v) is 7.47. The summed E-state index contributed by atoms with van der Waals surface area (Å²) in [6.07, 6.45) is -4.86. The van der Waals surface area contributed by atoms with Crippen molar-refractivity contribution in [3.8, 4) is 11.9 Å². The fraction of sp³-hybridized carbons (Fsp3) is 0.263. The van der Waals surface area contributed by atoms with Crippen molar-refractivity contribution in [3.63, 3.8) is 0 Å². The number of Topliss-reactive ketones (excluding diaryl/α,β-unsaturated/α-hetero) is 1. The van der Waals surface area contributed by atoms with Crippen LogP contribution in [0.15, 0.2) is 32.5 Å². The van der Waals surface area contributed by atoms with Crippen molar-refractivity contribution in [2.75, 3.05) is 5.75 Å². The maximum atomic E-state index is 13.1. The predicted octanol–water partition coefficient (Wildman–Crippen LogP) is 3.94. The van der Waals surface area contributed by atoms with E-state index in [4.69, 9.17) is 9.78 Å². The molecule has 0 radical (unpaired) electrons. The zero-order valence-electron chi connectivity index (χ0n) is 16.0. The van der Waals surface area contributed by atoms with Gasteiger partial charge in [-0.3, -0.25) is 14.2 Å². The highest BCUT2D eigenvalue weighted by molar-refractivity contribution is 8.00. The molecule has 3 heterocycles. The van der Waals surface area contributed by atoms with Gasteiger partial charge in [0.2, 0.25) is 5.56 Å². The number of carbonyl (C=O) groups excluding carboxylic acids is 1. The molecule has 0 atom stereocenters. The number of nitrogens with one attached hydrogen (secondary N) is 1. The Hall–Kier alpha value is -3.26. The van der Waals surface area contributed by atoms with Gasteiger partial charge in [0.15, 0.2) is 11.6 Å². The molecule has 3 rings (SSSR count). The van der Waals surface area contributed by atoms with Crippen molar-refractivity contribution in [2.24, 2.45) is 0 Å². The van der Waals surface area contributed by atoms with Crippen LogP contribution in [0.4, 0.5) is 13.2 Å². The van der Waals surface area contributed by atoms with Gasteiger partial charge in [-0.05, 0) is 26.8 Å². The summed E-state index contributed by atoms with van der Waals surface area (Å²) in [5, 5.41) is 12.8. The predicted molar refractivity (Wildman–Crippen MR) is 102 cm³/mol. The van der Waals surface area contributed by atoms with Gasteiger partial charge in [-0.2, -0.15) is 18.4 Å². The van der Waals surface area contributed by atoms with E-state index in [1.165, 1.54) is 6.07 Å². The number of rotatable bonds is 5. The monoisotopic (exact) mass is 436 g/mol. The fourth-order valence-electron chi connectivity index (χ4n) is 3.05. The van der Waals surface area contributed by atoms with E-state index in [0.717, 1.165) is 5.69 Å². The Bertz CT molecular complexity index is 1230. The summed E-state index contributed by atoms with van der Waals surface area (Å²) in [5.74, 6) is 0.456. The van der Waals surface area contributed by atoms with E-state index in [1.807, 2.05) is 0 Å². The smallest absolute Gasteiger partial charge is 0.360 e. The second kappa shape index (κ2) is 7.87. The molecule has 3 aromatic heterocycles. The number of pyridine rings is 1. The first-order valence-corrected chi connectivity index (χ1v) is 9.54. The van der Waals surface area contributed by atoms with Gasteiger partial charge in [0, 0.05) is 29.1 Å². The number of hydrogen-bond acceptors (Lipinski definition) is 6. The molecule has 30 heavy (non-hydrogen) atoms. The Morgan fingerprint density at radius 1 is 1.30 bits per heavy atom. The van der Waals surface area contributed by atoms with E-state index in [9.17, 15) is 22.8 Å². The van der Waals surface area contributed by atoms with E-state index in [1.54, 1.807) is 37.5 Å². The lowest BCUT2D eigenvalue weighted by Crippen LogP contribution is -2.17. The van der Waals surface area contributed by atoms with Crippen LogP contribution >= 0.6 is 11.8 Å². The number of carbonyl (C=O) groups is 1. The van der Waals surface area contributed by atoms with E-state index in [0.29, 0.717) is 40.7 Å². The van der Waals surface area contributed by atoms with E-state index in [-0.39, 0.29) is 16.6 Å². The number of aryl methyl sites for hydroxylation is 2. The number of thioether (sulfide) groups is 1. The van der Waals surface area contributed by atoms with Gasteiger partial charge < -0.3 is 9.51 Å². The Morgan fingerprint density at radius 2 is 2.00 bits per heavy atom. The summed E-state index contributed by atoms with van der Waals surface area (Å²) < 4.78 is 46.2. The number of ketones is 1. The van der Waals surface area contributed by atoms with Crippen molar-refractivity contribution in [2.45, 2.75) is 32.0 Å². The number of nitrogens with zero attached hydrogens (tertiary/aromatic N) is 3. The quantitative estimate of drug-likeness (QED) is 0.480. The van der Waals surface area contributed by atoms with Crippen LogP contribution in [0.1, 0.15) is 38.6 Å². The first-order valence-electron chi connectivity index (χ1n) is 8.56. The Balaban J connectivity index is 1.90. The number of nitriles is 1. The molecule has 0 spiro atoms. The number of aromatic nitrogens is 3. The summed E-state index contributed by atoms with van der Waals surface area (Å²) in [6.45, 7) is 5.22. The molecule has 0 aliphatic rings. The lowest BCUT2D eigenvalue weighted by molar-refractivity contribution is -0.138. The molecule has 0 fully saturated rings. The molecular formula is C19H15F3N4O3S. The highest BCUT2D eigenvalue weighted by Crippen LogP contribution is 2.34. The molecule has 0 amide bonds. The lowest BCUT2D eigenvalue weighted by Gasteiger charge is -2.11. The van der Waals surface area contributed by atoms with Crippen molar-refractivity contribution >= 4 is 17.5 Å². The van der Waals surface area contributed by atoms with Crippen LogP contribution in [0.5, 0.6) is 0 Å². The number of alkyl halides is 3. The van der Waals surface area contributed by atoms with Crippen LogP contribution in [-0.2, 0) is 6.18 Å². The molecule has 11 heteroatoms. The van der Waals surface area contributed by atoms with Gasteiger partial charge in [-0.15, -0.1) is 0 Å². The van der Waals surface area contributed by atoms with E-state index in [2.05, 4.69) is 10.1 Å². The zero-order chi connectivity index (χ0) is 22.2. The Morgan fingerprint density at radius 3 is 2.57 bits per heavy atom. The Labute approximate surface area is 172 Å². The molecule has 156 valence electrons. The molecule has 0 aliphatic heterocycles. The third-order valence-electron chi connectivity index (χ3n) is 4.35. The minimum absolute atomic E-state index is 0.270. The topological polar surface area (TPSA) is 105 Å². The SMILES string of the molecule is Cc1cc(-n2c(C)cc(C(=O)CSc3[nH]c(=O)cc(C(F)(F)F)c3C#N)c2C)no1. The molecule has 0 aliphatic carbocycles. The molecule has 7 nitrogen and oxygen atoms in total. The zero-order valence-corrected chi connectivity index (χ0v) is 16.9. The summed E-state index contributed by atoms with van der Waals surface area (Å²) in [6, 6.07) is 5.14. The average Bonchev–Trinajstić information content (AvgIpc) is 3.20. The van der Waals surface area contributed by atoms with Crippen LogP contribution in [0.2, 0.25) is 0 Å². The third kappa shape index (κ3) is 4.04. The summed E-state index contributed by atoms with van der Waals surface area (Å²) in [4.78, 5) is 26.6. The van der Waals surface area contributed by atoms with E-state index >= 15 is 0 Å². The van der Waals surface area contributed by atoms with Crippen molar-refractivity contribution < 1.29 is 22.5 Å². The largest absolute Gasteiger partial charge is 0.417 e. The third-order valence-corrected chi connectivity index (χ3v) is 5.35. The van der Waals surface area contributed by atoms with Crippen LogP contribution in [-0.4, -0.2) is 26.2 Å². The van der Waals surface area contributed by atoms with Gasteiger partial charge in [-0.1, -0.05) is 16.9 Å². The van der Waals surface area contributed by atoms with Crippen LogP contribution in [0.25, 0.3) is 5.82 Å². The van der Waals surface area contributed by atoms with Gasteiger partial charge in [0.05, 0.1) is 21.9 Å². The van der Waals surface area contributed by atoms with Crippen LogP contribution < -0.4 is 5.56 Å². The minimum atomic E-state index is -4.86. The normalized spacial score (nSPS) is 11.5. The number of H-pyrrole nitrogens is 1. The number of hydrogen-bond donors (Lipinski definition) is 1. The summed E-state index contributed by atoms with van der Waals surface area (Å²) in [7, 11) is 0. The Kier molecular flexibility index (Phi) is 5.63. The van der Waals surface area contributed by atoms with Gasteiger partial charge >= 0.3 is 6.18 Å². The number of aromatic amines is 1. The molecule has 0 saturated carbocycles. The highest BCUT2D eigenvalue weighted by atomic mass is 32.2. The van der Waals surface area contributed by atoms with Crippen molar-refractivity contribution in [3.05, 3.63) is 62.4 Å². The molecule has 1 N–H and O–H groups in total. The average molecular weight is 436 g/mol. The maximum Gasteiger partial charge on any atom is 0.417 e. The minimum Gasteiger partial charge on any atom is -0.360 e. The van der Waals surface area contributed by atoms with Crippen LogP contribution in [0, 0.1) is 32.1 Å². The maximum absolute atomic E-state index is 13.1. The fourth-order valence-corrected chi connectivity index (χ4v) is 3.95. The standard InChI is InChI=1S/C19H15F3N4O3S/c1-9-4-12(11(3)26(9)16-5-10(2)29-25-16)15(27)8-30-18-13(7-23)14(19(20,21)22)6-17(28)24-18/h4-6H,8H2,1-3H3,(H,24,28). The van der Waals surface area contributed by atoms with Gasteiger partial charge in [0.25, 0.3) is 0 Å². The number of halogens is 3. The molecule has 0 aromatic carbocycles. The highest BCUT2D eigenvalue weighted by Gasteiger charge is 2.35. The second-order valence-electron chi connectivity index (χ2n) is 6.49. The van der Waals surface area contributed by atoms with Crippen molar-refractivity contribution in [1.29, 1.82) is 5.26 Å².